The fourth-order valence-electron chi connectivity index (χ4n) is 0.802. The van der Waals surface area contributed by atoms with Gasteiger partial charge in [-0.2, -0.15) is 0 Å². The highest BCUT2D eigenvalue weighted by Crippen LogP contribution is 2.07. The van der Waals surface area contributed by atoms with Crippen LogP contribution in [0.3, 0.4) is 0 Å². The molecule has 0 aromatic heterocycles. The van der Waals surface area contributed by atoms with Crippen molar-refractivity contribution in [1.29, 1.82) is 0 Å². The van der Waals surface area contributed by atoms with Crippen LogP contribution in [0.15, 0.2) is 0 Å². The van der Waals surface area contributed by atoms with Crippen LogP contribution in [0.25, 0.3) is 0 Å². The van der Waals surface area contributed by atoms with Crippen molar-refractivity contribution in [2.24, 2.45) is 0 Å². The minimum atomic E-state index is -2.80. The molecule has 0 rings (SSSR count). The normalized spacial score (nSPS) is 11.4. The molecule has 0 aliphatic rings. The first-order valence-electron chi connectivity index (χ1n) is 3.61. The van der Waals surface area contributed by atoms with Gasteiger partial charge in [0.1, 0.15) is 0 Å². The molecule has 0 atom stereocenters. The SMILES string of the molecule is CO[Si](CN(C)C(=O)O)(OC)OC. The van der Waals surface area contributed by atoms with Gasteiger partial charge in [0.15, 0.2) is 0 Å². The van der Waals surface area contributed by atoms with Crippen LogP contribution in [-0.2, 0) is 13.3 Å². The molecule has 0 bridgehead atoms. The molecule has 13 heavy (non-hydrogen) atoms. The number of hydrogen-bond donors (Lipinski definition) is 1. The quantitative estimate of drug-likeness (QED) is 0.646. The van der Waals surface area contributed by atoms with E-state index in [1.807, 2.05) is 0 Å². The van der Waals surface area contributed by atoms with E-state index in [1.165, 1.54) is 28.4 Å². The van der Waals surface area contributed by atoms with Crippen LogP contribution in [0.1, 0.15) is 0 Å². The molecular formula is C6H15NO5Si. The van der Waals surface area contributed by atoms with Crippen LogP contribution in [0.5, 0.6) is 0 Å². The molecule has 0 unspecified atom stereocenters. The number of hydrogen-bond acceptors (Lipinski definition) is 4. The van der Waals surface area contributed by atoms with Crippen molar-refractivity contribution in [2.75, 3.05) is 34.5 Å². The van der Waals surface area contributed by atoms with Crippen molar-refractivity contribution in [1.82, 2.24) is 4.90 Å². The standard InChI is InChI=1S/C6H15NO5Si/c1-7(6(8)9)5-13(10-2,11-3)12-4/h5H2,1-4H3,(H,8,9). The van der Waals surface area contributed by atoms with Gasteiger partial charge >= 0.3 is 14.9 Å². The van der Waals surface area contributed by atoms with Gasteiger partial charge in [0.05, 0.1) is 6.17 Å². The molecule has 1 amide bonds. The Hall–Kier alpha value is -0.633. The average molecular weight is 209 g/mol. The van der Waals surface area contributed by atoms with E-state index in [9.17, 15) is 4.79 Å². The molecule has 6 nitrogen and oxygen atoms in total. The van der Waals surface area contributed by atoms with Crippen molar-refractivity contribution < 1.29 is 23.2 Å². The van der Waals surface area contributed by atoms with Crippen molar-refractivity contribution in [3.8, 4) is 0 Å². The van der Waals surface area contributed by atoms with E-state index in [0.717, 1.165) is 4.90 Å². The molecule has 0 saturated heterocycles. The molecule has 0 radical (unpaired) electrons. The molecular weight excluding hydrogens is 194 g/mol. The summed E-state index contributed by atoms with van der Waals surface area (Å²) in [7, 11) is 2.95. The van der Waals surface area contributed by atoms with Crippen LogP contribution >= 0.6 is 0 Å². The summed E-state index contributed by atoms with van der Waals surface area (Å²) < 4.78 is 15.1. The van der Waals surface area contributed by atoms with Gasteiger partial charge in [-0.3, -0.25) is 0 Å². The number of nitrogens with zero attached hydrogens (tertiary/aromatic N) is 1. The average Bonchev–Trinajstić information content (AvgIpc) is 2.14. The molecule has 0 spiro atoms. The maximum absolute atomic E-state index is 10.5. The summed E-state index contributed by atoms with van der Waals surface area (Å²) in [4.78, 5) is 11.6. The van der Waals surface area contributed by atoms with E-state index >= 15 is 0 Å². The van der Waals surface area contributed by atoms with Crippen molar-refractivity contribution >= 4 is 14.9 Å². The fraction of sp³-hybridized carbons (Fsp3) is 0.833. The van der Waals surface area contributed by atoms with E-state index in [1.54, 1.807) is 0 Å². The summed E-state index contributed by atoms with van der Waals surface area (Å²) in [5.74, 6) is 0. The third kappa shape index (κ3) is 3.31. The lowest BCUT2D eigenvalue weighted by Gasteiger charge is -2.27. The van der Waals surface area contributed by atoms with E-state index in [0.29, 0.717) is 0 Å². The Morgan fingerprint density at radius 3 is 1.92 bits per heavy atom. The highest BCUT2D eigenvalue weighted by Gasteiger charge is 2.40. The van der Waals surface area contributed by atoms with Gasteiger partial charge in [0, 0.05) is 28.4 Å². The van der Waals surface area contributed by atoms with E-state index in [4.69, 9.17) is 18.4 Å². The Labute approximate surface area is 78.4 Å². The van der Waals surface area contributed by atoms with E-state index in [-0.39, 0.29) is 6.17 Å². The highest BCUT2D eigenvalue weighted by molar-refractivity contribution is 6.60. The Kier molecular flexibility index (Phi) is 4.92. The maximum atomic E-state index is 10.5. The number of rotatable bonds is 5. The molecule has 7 heteroatoms. The zero-order valence-electron chi connectivity index (χ0n) is 8.23. The molecule has 0 heterocycles. The monoisotopic (exact) mass is 209 g/mol. The van der Waals surface area contributed by atoms with Gasteiger partial charge in [0.2, 0.25) is 0 Å². The van der Waals surface area contributed by atoms with Gasteiger partial charge in [0.25, 0.3) is 0 Å². The molecule has 0 saturated carbocycles. The van der Waals surface area contributed by atoms with Gasteiger partial charge in [-0.15, -0.1) is 0 Å². The molecule has 0 aliphatic heterocycles. The lowest BCUT2D eigenvalue weighted by Crippen LogP contribution is -2.53. The lowest BCUT2D eigenvalue weighted by molar-refractivity contribution is 0.101. The second-order valence-electron chi connectivity index (χ2n) is 2.43. The third-order valence-electron chi connectivity index (χ3n) is 1.69. The van der Waals surface area contributed by atoms with Crippen molar-refractivity contribution in [2.45, 2.75) is 0 Å². The minimum absolute atomic E-state index is 0.117. The molecule has 1 N–H and O–H groups in total. The molecule has 78 valence electrons. The van der Waals surface area contributed by atoms with Crippen LogP contribution in [-0.4, -0.2) is 59.4 Å². The van der Waals surface area contributed by atoms with Crippen LogP contribution in [0.4, 0.5) is 4.79 Å². The first-order chi connectivity index (χ1) is 6.01. The van der Waals surface area contributed by atoms with Gasteiger partial charge in [-0.1, -0.05) is 0 Å². The van der Waals surface area contributed by atoms with Crippen LogP contribution < -0.4 is 0 Å². The maximum Gasteiger partial charge on any atom is 0.520 e. The fourth-order valence-corrected chi connectivity index (χ4v) is 2.41. The number of carbonyl (C=O) groups is 1. The second kappa shape index (κ2) is 5.17. The predicted molar refractivity (Wildman–Crippen MR) is 47.4 cm³/mol. The summed E-state index contributed by atoms with van der Waals surface area (Å²) in [6.45, 7) is 0. The lowest BCUT2D eigenvalue weighted by atomic mass is 10.9. The highest BCUT2D eigenvalue weighted by atomic mass is 28.4. The third-order valence-corrected chi connectivity index (χ3v) is 4.42. The minimum Gasteiger partial charge on any atom is -0.465 e. The summed E-state index contributed by atoms with van der Waals surface area (Å²) >= 11 is 0. The molecule has 0 aliphatic carbocycles. The first-order valence-corrected chi connectivity index (χ1v) is 5.54. The molecule has 0 fully saturated rings. The zero-order chi connectivity index (χ0) is 10.5. The number of carboxylic acid groups (broad SMARTS) is 1. The Balaban J connectivity index is 4.32. The van der Waals surface area contributed by atoms with Crippen LogP contribution in [0, 0.1) is 0 Å². The first kappa shape index (κ1) is 12.4. The van der Waals surface area contributed by atoms with E-state index < -0.39 is 14.9 Å². The topological polar surface area (TPSA) is 68.2 Å². The van der Waals surface area contributed by atoms with Crippen molar-refractivity contribution in [3.63, 3.8) is 0 Å². The Morgan fingerprint density at radius 2 is 1.69 bits per heavy atom. The molecule has 0 aromatic carbocycles. The Morgan fingerprint density at radius 1 is 1.31 bits per heavy atom. The molecule has 0 aromatic rings. The smallest absolute Gasteiger partial charge is 0.465 e. The largest absolute Gasteiger partial charge is 0.520 e. The Bertz CT molecular complexity index is 164. The van der Waals surface area contributed by atoms with Crippen molar-refractivity contribution in [3.05, 3.63) is 0 Å². The van der Waals surface area contributed by atoms with Gasteiger partial charge < -0.3 is 23.3 Å². The number of amides is 1. The van der Waals surface area contributed by atoms with E-state index in [2.05, 4.69) is 0 Å². The van der Waals surface area contributed by atoms with Gasteiger partial charge in [-0.05, 0) is 0 Å². The summed E-state index contributed by atoms with van der Waals surface area (Å²) in [5.41, 5.74) is 0. The second-order valence-corrected chi connectivity index (χ2v) is 5.34. The summed E-state index contributed by atoms with van der Waals surface area (Å²) in [6, 6.07) is 0. The zero-order valence-corrected chi connectivity index (χ0v) is 9.23. The summed E-state index contributed by atoms with van der Waals surface area (Å²) in [5, 5.41) is 8.61. The summed E-state index contributed by atoms with van der Waals surface area (Å²) in [6.07, 6.45) is -0.922. The predicted octanol–water partition coefficient (Wildman–Crippen LogP) is 0.0135. The van der Waals surface area contributed by atoms with Crippen LogP contribution in [0.2, 0.25) is 0 Å². The van der Waals surface area contributed by atoms with Gasteiger partial charge in [-0.25, -0.2) is 4.79 Å².